The Hall–Kier alpha value is -2.10. The average Bonchev–Trinajstić information content (AvgIpc) is 2.60. The summed E-state index contributed by atoms with van der Waals surface area (Å²) in [6, 6.07) is 9.20. The molecule has 0 saturated carbocycles. The summed E-state index contributed by atoms with van der Waals surface area (Å²) in [6.45, 7) is 8.69. The van der Waals surface area contributed by atoms with Crippen LogP contribution in [0.2, 0.25) is 0 Å². The van der Waals surface area contributed by atoms with Crippen LogP contribution in [0.25, 0.3) is 0 Å². The van der Waals surface area contributed by atoms with Crippen molar-refractivity contribution in [1.82, 2.24) is 20.4 Å². The van der Waals surface area contributed by atoms with Crippen molar-refractivity contribution in [3.05, 3.63) is 35.4 Å². The molecule has 1 atom stereocenters. The van der Waals surface area contributed by atoms with E-state index in [4.69, 9.17) is 5.26 Å². The molecule has 0 bridgehead atoms. The minimum Gasteiger partial charge on any atom is -0.338 e. The molecular formula is C18H27N5O. The monoisotopic (exact) mass is 329 g/mol. The number of hydrogen-bond donors (Lipinski definition) is 2. The number of carbonyl (C=O) groups excluding carboxylic acids is 1. The van der Waals surface area contributed by atoms with E-state index in [1.54, 1.807) is 12.1 Å². The van der Waals surface area contributed by atoms with Crippen molar-refractivity contribution in [1.29, 1.82) is 5.26 Å². The van der Waals surface area contributed by atoms with E-state index in [1.165, 1.54) is 0 Å². The molecule has 1 aliphatic rings. The van der Waals surface area contributed by atoms with Gasteiger partial charge in [0.1, 0.15) is 0 Å². The second kappa shape index (κ2) is 9.26. The molecule has 1 fully saturated rings. The van der Waals surface area contributed by atoms with Crippen molar-refractivity contribution < 1.29 is 4.79 Å². The molecule has 0 aromatic heterocycles. The van der Waals surface area contributed by atoms with Gasteiger partial charge in [-0.25, -0.2) is 4.79 Å². The molecule has 0 radical (unpaired) electrons. The molecule has 1 heterocycles. The molecule has 0 unspecified atom stereocenters. The molecule has 2 amide bonds. The minimum atomic E-state index is -0.164. The number of nitriles is 1. The van der Waals surface area contributed by atoms with Gasteiger partial charge in [-0.05, 0) is 30.7 Å². The van der Waals surface area contributed by atoms with E-state index < -0.39 is 0 Å². The second-order valence-corrected chi connectivity index (χ2v) is 6.58. The summed E-state index contributed by atoms with van der Waals surface area (Å²) in [5, 5.41) is 14.6. The number of piperazine rings is 1. The lowest BCUT2D eigenvalue weighted by Crippen LogP contribution is -2.47. The molecular weight excluding hydrogens is 302 g/mol. The Labute approximate surface area is 144 Å². The standard InChI is InChI=1S/C18H27N5O/c1-15(14-23-8-6-22(2)7-9-23)12-20-18(24)21-13-17-5-3-4-16(10-17)11-19/h3-5,10,15H,6-9,12-14H2,1-2H3,(H2,20,21,24)/t15-/m0/s1. The molecule has 6 nitrogen and oxygen atoms in total. The van der Waals surface area contributed by atoms with Gasteiger partial charge in [-0.3, -0.25) is 0 Å². The van der Waals surface area contributed by atoms with Gasteiger partial charge in [0.15, 0.2) is 0 Å². The third-order valence-corrected chi connectivity index (χ3v) is 4.29. The van der Waals surface area contributed by atoms with Crippen LogP contribution in [0.1, 0.15) is 18.1 Å². The van der Waals surface area contributed by atoms with Gasteiger partial charge >= 0.3 is 6.03 Å². The van der Waals surface area contributed by atoms with Crippen molar-refractivity contribution in [2.75, 3.05) is 46.3 Å². The van der Waals surface area contributed by atoms with Crippen LogP contribution < -0.4 is 10.6 Å². The van der Waals surface area contributed by atoms with Gasteiger partial charge in [0, 0.05) is 45.8 Å². The van der Waals surface area contributed by atoms with E-state index in [1.807, 2.05) is 12.1 Å². The number of urea groups is 1. The van der Waals surface area contributed by atoms with Crippen LogP contribution in [-0.2, 0) is 6.54 Å². The highest BCUT2D eigenvalue weighted by Crippen LogP contribution is 2.05. The lowest BCUT2D eigenvalue weighted by Gasteiger charge is -2.33. The number of rotatable bonds is 6. The summed E-state index contributed by atoms with van der Waals surface area (Å²) in [7, 11) is 2.15. The third-order valence-electron chi connectivity index (χ3n) is 4.29. The quantitative estimate of drug-likeness (QED) is 0.824. The Bertz CT molecular complexity index is 575. The number of amides is 2. The van der Waals surface area contributed by atoms with Crippen LogP contribution in [0.3, 0.4) is 0 Å². The fourth-order valence-corrected chi connectivity index (χ4v) is 2.80. The normalized spacial score (nSPS) is 17.0. The first-order valence-electron chi connectivity index (χ1n) is 8.48. The van der Waals surface area contributed by atoms with Gasteiger partial charge in [-0.15, -0.1) is 0 Å². The van der Waals surface area contributed by atoms with Gasteiger partial charge in [-0.1, -0.05) is 19.1 Å². The van der Waals surface area contributed by atoms with Gasteiger partial charge in [-0.2, -0.15) is 5.26 Å². The lowest BCUT2D eigenvalue weighted by atomic mass is 10.1. The van der Waals surface area contributed by atoms with E-state index in [-0.39, 0.29) is 6.03 Å². The smallest absolute Gasteiger partial charge is 0.315 e. The molecule has 1 saturated heterocycles. The first kappa shape index (κ1) is 18.2. The number of likely N-dealkylation sites (N-methyl/N-ethyl adjacent to an activating group) is 1. The molecule has 2 N–H and O–H groups in total. The maximum absolute atomic E-state index is 11.9. The fraction of sp³-hybridized carbons (Fsp3) is 0.556. The molecule has 2 rings (SSSR count). The molecule has 24 heavy (non-hydrogen) atoms. The number of benzene rings is 1. The zero-order valence-corrected chi connectivity index (χ0v) is 14.6. The van der Waals surface area contributed by atoms with E-state index in [2.05, 4.69) is 40.5 Å². The molecule has 1 aromatic carbocycles. The van der Waals surface area contributed by atoms with Crippen molar-refractivity contribution in [2.24, 2.45) is 5.92 Å². The summed E-state index contributed by atoms with van der Waals surface area (Å²) >= 11 is 0. The number of carbonyl (C=O) groups is 1. The van der Waals surface area contributed by atoms with Crippen molar-refractivity contribution in [3.63, 3.8) is 0 Å². The Kier molecular flexibility index (Phi) is 7.04. The predicted octanol–water partition coefficient (Wildman–Crippen LogP) is 1.24. The zero-order chi connectivity index (χ0) is 17.4. The third kappa shape index (κ3) is 6.19. The summed E-state index contributed by atoms with van der Waals surface area (Å²) in [5.74, 6) is 0.418. The van der Waals surface area contributed by atoms with Gasteiger partial charge < -0.3 is 20.4 Å². The number of nitrogens with one attached hydrogen (secondary N) is 2. The molecule has 1 aliphatic heterocycles. The van der Waals surface area contributed by atoms with Crippen LogP contribution in [-0.4, -0.2) is 62.1 Å². The van der Waals surface area contributed by atoms with Gasteiger partial charge in [0.25, 0.3) is 0 Å². The van der Waals surface area contributed by atoms with Crippen LogP contribution in [0.5, 0.6) is 0 Å². The van der Waals surface area contributed by atoms with Crippen molar-refractivity contribution >= 4 is 6.03 Å². The number of nitrogens with zero attached hydrogens (tertiary/aromatic N) is 3. The largest absolute Gasteiger partial charge is 0.338 e. The van der Waals surface area contributed by atoms with Crippen LogP contribution in [0, 0.1) is 17.2 Å². The van der Waals surface area contributed by atoms with Gasteiger partial charge in [0.2, 0.25) is 0 Å². The summed E-state index contributed by atoms with van der Waals surface area (Å²) < 4.78 is 0. The highest BCUT2D eigenvalue weighted by Gasteiger charge is 2.16. The lowest BCUT2D eigenvalue weighted by molar-refractivity contribution is 0.138. The average molecular weight is 329 g/mol. The zero-order valence-electron chi connectivity index (χ0n) is 14.6. The van der Waals surface area contributed by atoms with Gasteiger partial charge in [0.05, 0.1) is 11.6 Å². The summed E-state index contributed by atoms with van der Waals surface area (Å²) in [6.07, 6.45) is 0. The SMILES string of the molecule is C[C@@H](CNC(=O)NCc1cccc(C#N)c1)CN1CCN(C)CC1. The predicted molar refractivity (Wildman–Crippen MR) is 94.5 cm³/mol. The topological polar surface area (TPSA) is 71.4 Å². The van der Waals surface area contributed by atoms with Crippen LogP contribution in [0.4, 0.5) is 4.79 Å². The summed E-state index contributed by atoms with van der Waals surface area (Å²) in [5.41, 5.74) is 1.53. The Morgan fingerprint density at radius 3 is 2.75 bits per heavy atom. The maximum atomic E-state index is 11.9. The fourth-order valence-electron chi connectivity index (χ4n) is 2.80. The second-order valence-electron chi connectivity index (χ2n) is 6.58. The number of hydrogen-bond acceptors (Lipinski definition) is 4. The van der Waals surface area contributed by atoms with Crippen molar-refractivity contribution in [2.45, 2.75) is 13.5 Å². The first-order chi connectivity index (χ1) is 11.6. The Morgan fingerprint density at radius 1 is 1.29 bits per heavy atom. The molecule has 1 aromatic rings. The molecule has 130 valence electrons. The first-order valence-corrected chi connectivity index (χ1v) is 8.48. The molecule has 6 heteroatoms. The molecule has 0 aliphatic carbocycles. The highest BCUT2D eigenvalue weighted by atomic mass is 16.2. The van der Waals surface area contributed by atoms with E-state index in [9.17, 15) is 4.79 Å². The molecule has 0 spiro atoms. The van der Waals surface area contributed by atoms with E-state index in [0.29, 0.717) is 24.6 Å². The summed E-state index contributed by atoms with van der Waals surface area (Å²) in [4.78, 5) is 16.7. The van der Waals surface area contributed by atoms with Crippen LogP contribution >= 0.6 is 0 Å². The van der Waals surface area contributed by atoms with Crippen LogP contribution in [0.15, 0.2) is 24.3 Å². The Balaban J connectivity index is 1.64. The highest BCUT2D eigenvalue weighted by molar-refractivity contribution is 5.73. The maximum Gasteiger partial charge on any atom is 0.315 e. The van der Waals surface area contributed by atoms with E-state index in [0.717, 1.165) is 38.3 Å². The van der Waals surface area contributed by atoms with Crippen molar-refractivity contribution in [3.8, 4) is 6.07 Å². The Morgan fingerprint density at radius 2 is 2.04 bits per heavy atom. The van der Waals surface area contributed by atoms with E-state index >= 15 is 0 Å². The minimum absolute atomic E-state index is 0.164.